The standard InChI is InChI=1S/C35H52N4O10SSi2/c1-22-19-39(32(43)38(28(22)40)18-14-17-37-29(41)23-15-12-13-16-24(23)30(37)42)31-27(48-52(10,11)34(5,6)7)35(25(36)21-50(44,45)49-35)26(47-31)20-46-51(8,9)33(2,3)4/h12-13,15-16,19,21,26-27,31H,14,17-18,20,36H2,1-11H3. The fourth-order valence-electron chi connectivity index (χ4n) is 6.18. The van der Waals surface area contributed by atoms with E-state index in [0.29, 0.717) is 11.1 Å². The zero-order valence-corrected chi connectivity index (χ0v) is 34.8. The molecule has 3 aliphatic rings. The van der Waals surface area contributed by atoms with Gasteiger partial charge < -0.3 is 19.3 Å². The molecule has 17 heteroatoms. The number of rotatable bonds is 10. The highest BCUT2D eigenvalue weighted by Crippen LogP contribution is 2.52. The molecule has 1 saturated heterocycles. The van der Waals surface area contributed by atoms with Crippen LogP contribution in [0.5, 0.6) is 0 Å². The Morgan fingerprint density at radius 3 is 1.96 bits per heavy atom. The number of carbonyl (C=O) groups is 2. The second-order valence-corrected chi connectivity index (χ2v) is 27.9. The number of fused-ring (bicyclic) bond motifs is 1. The molecule has 4 atom stereocenters. The van der Waals surface area contributed by atoms with Crippen molar-refractivity contribution in [1.29, 1.82) is 0 Å². The third-order valence-corrected chi connectivity index (χ3v) is 21.4. The van der Waals surface area contributed by atoms with E-state index < -0.39 is 73.9 Å². The van der Waals surface area contributed by atoms with Crippen LogP contribution in [0.1, 0.15) is 80.5 Å². The summed E-state index contributed by atoms with van der Waals surface area (Å²) in [6.07, 6.45) is -2.19. The number of aryl methyl sites for hydroxylation is 1. The predicted octanol–water partition coefficient (Wildman–Crippen LogP) is 4.21. The molecule has 2 N–H and O–H groups in total. The Morgan fingerprint density at radius 2 is 1.46 bits per heavy atom. The van der Waals surface area contributed by atoms with Gasteiger partial charge in [0.05, 0.1) is 28.8 Å². The second-order valence-electron chi connectivity index (χ2n) is 16.9. The van der Waals surface area contributed by atoms with Crippen LogP contribution in [0.3, 0.4) is 0 Å². The minimum absolute atomic E-state index is 0.0216. The fraction of sp³-hybridized carbons (Fsp3) is 0.600. The largest absolute Gasteiger partial charge is 0.414 e. The normalized spacial score (nSPS) is 24.9. The van der Waals surface area contributed by atoms with Crippen molar-refractivity contribution in [2.45, 2.75) is 122 Å². The summed E-state index contributed by atoms with van der Waals surface area (Å²) in [5.74, 6) is -0.874. The van der Waals surface area contributed by atoms with Crippen LogP contribution < -0.4 is 17.0 Å². The molecule has 0 radical (unpaired) electrons. The van der Waals surface area contributed by atoms with Crippen molar-refractivity contribution >= 4 is 38.6 Å². The molecule has 2 aromatic rings. The van der Waals surface area contributed by atoms with E-state index >= 15 is 0 Å². The van der Waals surface area contributed by atoms with Gasteiger partial charge in [0.1, 0.15) is 12.2 Å². The summed E-state index contributed by atoms with van der Waals surface area (Å²) in [5.41, 5.74) is 4.07. The van der Waals surface area contributed by atoms with Gasteiger partial charge in [-0.2, -0.15) is 8.42 Å². The lowest BCUT2D eigenvalue weighted by Crippen LogP contribution is -2.59. The van der Waals surface area contributed by atoms with E-state index in [0.717, 1.165) is 14.9 Å². The summed E-state index contributed by atoms with van der Waals surface area (Å²) in [7, 11) is -9.51. The van der Waals surface area contributed by atoms with E-state index in [2.05, 4.69) is 20.8 Å². The van der Waals surface area contributed by atoms with Crippen LogP contribution in [0, 0.1) is 6.92 Å². The van der Waals surface area contributed by atoms with Gasteiger partial charge in [0.25, 0.3) is 27.5 Å². The Kier molecular flexibility index (Phi) is 10.2. The first kappa shape index (κ1) is 40.0. The van der Waals surface area contributed by atoms with E-state index in [1.54, 1.807) is 31.2 Å². The summed E-state index contributed by atoms with van der Waals surface area (Å²) >= 11 is 0. The molecule has 1 aromatic carbocycles. The van der Waals surface area contributed by atoms with Crippen molar-refractivity contribution < 1.29 is 35.8 Å². The van der Waals surface area contributed by atoms with E-state index in [9.17, 15) is 27.6 Å². The van der Waals surface area contributed by atoms with Crippen molar-refractivity contribution in [3.05, 3.63) is 79.1 Å². The Balaban J connectivity index is 1.57. The zero-order chi connectivity index (χ0) is 39.0. The van der Waals surface area contributed by atoms with Crippen LogP contribution in [0.4, 0.5) is 0 Å². The van der Waals surface area contributed by atoms with Gasteiger partial charge in [-0.15, -0.1) is 0 Å². The van der Waals surface area contributed by atoms with Crippen molar-refractivity contribution in [2.24, 2.45) is 5.73 Å². The van der Waals surface area contributed by atoms with Gasteiger partial charge in [-0.25, -0.2) is 8.98 Å². The highest BCUT2D eigenvalue weighted by molar-refractivity contribution is 7.90. The number of benzene rings is 1. The molecule has 3 aliphatic heterocycles. The molecule has 14 nitrogen and oxygen atoms in total. The maximum atomic E-state index is 14.4. The van der Waals surface area contributed by atoms with E-state index in [1.807, 2.05) is 47.0 Å². The molecular weight excluding hydrogens is 725 g/mol. The quantitative estimate of drug-likeness (QED) is 0.208. The molecule has 1 aromatic heterocycles. The van der Waals surface area contributed by atoms with Gasteiger partial charge in [-0.05, 0) is 61.7 Å². The predicted molar refractivity (Wildman–Crippen MR) is 200 cm³/mol. The summed E-state index contributed by atoms with van der Waals surface area (Å²) in [5, 5.41) is 0.290. The van der Waals surface area contributed by atoms with Crippen molar-refractivity contribution in [1.82, 2.24) is 14.0 Å². The van der Waals surface area contributed by atoms with Gasteiger partial charge in [0.15, 0.2) is 28.5 Å². The van der Waals surface area contributed by atoms with Crippen LogP contribution in [0.25, 0.3) is 0 Å². The van der Waals surface area contributed by atoms with E-state index in [1.165, 1.54) is 10.8 Å². The highest BCUT2D eigenvalue weighted by atomic mass is 32.2. The summed E-state index contributed by atoms with van der Waals surface area (Å²) in [6.45, 7) is 21.6. The minimum Gasteiger partial charge on any atom is -0.414 e. The number of nitrogens with two attached hydrogens (primary N) is 1. The smallest absolute Gasteiger partial charge is 0.333 e. The van der Waals surface area contributed by atoms with Gasteiger partial charge >= 0.3 is 5.69 Å². The molecule has 1 spiro atoms. The Morgan fingerprint density at radius 1 is 0.904 bits per heavy atom. The number of hydrogen-bond donors (Lipinski definition) is 1. The topological polar surface area (TPSA) is 178 Å². The maximum absolute atomic E-state index is 14.4. The first-order valence-corrected chi connectivity index (χ1v) is 24.7. The number of hydrogen-bond acceptors (Lipinski definition) is 11. The van der Waals surface area contributed by atoms with Gasteiger partial charge in [0, 0.05) is 24.8 Å². The van der Waals surface area contributed by atoms with Gasteiger partial charge in [-0.1, -0.05) is 53.7 Å². The van der Waals surface area contributed by atoms with Crippen LogP contribution in [0.2, 0.25) is 36.3 Å². The SMILES string of the molecule is Cc1cn(C2OC(CO[Si](C)(C)C(C)(C)C)C3(OS(=O)(=O)C=C3N)C2O[Si](C)(C)C(C)(C)C)c(=O)n(CCCN2C(=O)c3ccccc3C2=O)c1=O. The van der Waals surface area contributed by atoms with Crippen molar-refractivity contribution in [2.75, 3.05) is 13.2 Å². The molecule has 0 aliphatic carbocycles. The number of carbonyl (C=O) groups excluding carboxylic acids is 2. The molecule has 5 rings (SSSR count). The number of nitrogens with zero attached hydrogens (tertiary/aromatic N) is 3. The second kappa shape index (κ2) is 13.3. The molecule has 4 unspecified atom stereocenters. The summed E-state index contributed by atoms with van der Waals surface area (Å²) in [6, 6.07) is 6.53. The van der Waals surface area contributed by atoms with Crippen molar-refractivity contribution in [3.63, 3.8) is 0 Å². The van der Waals surface area contributed by atoms with E-state index in [4.69, 9.17) is 23.5 Å². The number of amides is 2. The molecule has 286 valence electrons. The molecule has 2 amide bonds. The summed E-state index contributed by atoms with van der Waals surface area (Å²) in [4.78, 5) is 54.8. The maximum Gasteiger partial charge on any atom is 0.333 e. The summed E-state index contributed by atoms with van der Waals surface area (Å²) < 4.78 is 54.6. The Labute approximate surface area is 307 Å². The Hall–Kier alpha value is -3.20. The van der Waals surface area contributed by atoms with Crippen LogP contribution >= 0.6 is 0 Å². The third kappa shape index (κ3) is 6.84. The van der Waals surface area contributed by atoms with Crippen LogP contribution in [0.15, 0.2) is 51.2 Å². The first-order chi connectivity index (χ1) is 23.8. The van der Waals surface area contributed by atoms with E-state index in [-0.39, 0.29) is 47.5 Å². The van der Waals surface area contributed by atoms with Crippen LogP contribution in [-0.4, -0.2) is 81.9 Å². The average molecular weight is 777 g/mol. The highest BCUT2D eigenvalue weighted by Gasteiger charge is 2.67. The fourth-order valence-corrected chi connectivity index (χ4v) is 9.69. The average Bonchev–Trinajstić information content (AvgIpc) is 3.55. The zero-order valence-electron chi connectivity index (χ0n) is 31.9. The first-order valence-electron chi connectivity index (χ1n) is 17.4. The monoisotopic (exact) mass is 776 g/mol. The molecule has 1 fully saturated rings. The molecule has 52 heavy (non-hydrogen) atoms. The van der Waals surface area contributed by atoms with Gasteiger partial charge in [-0.3, -0.25) is 28.4 Å². The van der Waals surface area contributed by atoms with Crippen molar-refractivity contribution in [3.8, 4) is 0 Å². The minimum atomic E-state index is -4.29. The molecular formula is C35H52N4O10SSi2. The lowest BCUT2D eigenvalue weighted by molar-refractivity contribution is -0.0567. The molecule has 4 heterocycles. The Bertz CT molecular complexity index is 2010. The van der Waals surface area contributed by atoms with Crippen LogP contribution in [-0.2, 0) is 34.4 Å². The lowest BCUT2D eigenvalue weighted by Gasteiger charge is -2.43. The van der Waals surface area contributed by atoms with Gasteiger partial charge in [0.2, 0.25) is 0 Å². The number of imide groups is 1. The number of aromatic nitrogens is 2. The number of ether oxygens (including phenoxy) is 1. The molecule has 0 bridgehead atoms. The molecule has 0 saturated carbocycles. The lowest BCUT2D eigenvalue weighted by atomic mass is 9.89. The third-order valence-electron chi connectivity index (χ3n) is 11.4.